The van der Waals surface area contributed by atoms with E-state index in [4.69, 9.17) is 5.73 Å². The van der Waals surface area contributed by atoms with E-state index in [-0.39, 0.29) is 5.91 Å². The SMILES string of the molecule is Nc1ccc(CCC(=O)NCCc2ccccc2)cc1. The van der Waals surface area contributed by atoms with E-state index in [0.29, 0.717) is 13.0 Å². The number of aryl methyl sites for hydroxylation is 1. The first-order valence-electron chi connectivity index (χ1n) is 6.89. The summed E-state index contributed by atoms with van der Waals surface area (Å²) in [4.78, 5) is 11.7. The second kappa shape index (κ2) is 7.34. The molecule has 0 aliphatic heterocycles. The summed E-state index contributed by atoms with van der Waals surface area (Å²) in [5, 5.41) is 2.95. The molecule has 3 heteroatoms. The minimum absolute atomic E-state index is 0.0951. The van der Waals surface area contributed by atoms with Gasteiger partial charge in [-0.15, -0.1) is 0 Å². The van der Waals surface area contributed by atoms with Crippen molar-refractivity contribution < 1.29 is 4.79 Å². The number of amides is 1. The molecule has 2 rings (SSSR count). The van der Waals surface area contributed by atoms with Crippen molar-refractivity contribution in [2.24, 2.45) is 0 Å². The molecule has 0 aliphatic rings. The van der Waals surface area contributed by atoms with Crippen molar-refractivity contribution in [3.8, 4) is 0 Å². The van der Waals surface area contributed by atoms with Crippen LogP contribution >= 0.6 is 0 Å². The third kappa shape index (κ3) is 4.76. The van der Waals surface area contributed by atoms with E-state index in [1.54, 1.807) is 0 Å². The number of benzene rings is 2. The molecular weight excluding hydrogens is 248 g/mol. The third-order valence-corrected chi connectivity index (χ3v) is 3.20. The lowest BCUT2D eigenvalue weighted by Gasteiger charge is -2.06. The molecule has 2 aromatic carbocycles. The van der Waals surface area contributed by atoms with Gasteiger partial charge in [0.25, 0.3) is 0 Å². The predicted octanol–water partition coefficient (Wildman–Crippen LogP) is 2.56. The van der Waals surface area contributed by atoms with Crippen LogP contribution < -0.4 is 11.1 Å². The van der Waals surface area contributed by atoms with Crippen molar-refractivity contribution >= 4 is 11.6 Å². The first-order valence-corrected chi connectivity index (χ1v) is 6.89. The second-order valence-corrected chi connectivity index (χ2v) is 4.83. The summed E-state index contributed by atoms with van der Waals surface area (Å²) in [7, 11) is 0. The highest BCUT2D eigenvalue weighted by molar-refractivity contribution is 5.76. The van der Waals surface area contributed by atoms with E-state index in [1.807, 2.05) is 42.5 Å². The third-order valence-electron chi connectivity index (χ3n) is 3.20. The van der Waals surface area contributed by atoms with Gasteiger partial charge in [0.2, 0.25) is 5.91 Å². The molecule has 20 heavy (non-hydrogen) atoms. The van der Waals surface area contributed by atoms with E-state index in [9.17, 15) is 4.79 Å². The average molecular weight is 268 g/mol. The van der Waals surface area contributed by atoms with Gasteiger partial charge in [0, 0.05) is 18.7 Å². The number of carbonyl (C=O) groups excluding carboxylic acids is 1. The zero-order chi connectivity index (χ0) is 14.2. The Bertz CT molecular complexity index is 535. The first-order chi connectivity index (χ1) is 9.74. The second-order valence-electron chi connectivity index (χ2n) is 4.83. The van der Waals surface area contributed by atoms with Crippen LogP contribution in [0.25, 0.3) is 0 Å². The fourth-order valence-electron chi connectivity index (χ4n) is 2.02. The van der Waals surface area contributed by atoms with Gasteiger partial charge in [-0.2, -0.15) is 0 Å². The van der Waals surface area contributed by atoms with Crippen molar-refractivity contribution in [1.82, 2.24) is 5.32 Å². The molecule has 1 amide bonds. The topological polar surface area (TPSA) is 55.1 Å². The molecule has 0 aliphatic carbocycles. The van der Waals surface area contributed by atoms with Gasteiger partial charge in [-0.05, 0) is 36.1 Å². The van der Waals surface area contributed by atoms with E-state index < -0.39 is 0 Å². The molecule has 0 bridgehead atoms. The highest BCUT2D eigenvalue weighted by Gasteiger charge is 2.02. The predicted molar refractivity (Wildman–Crippen MR) is 82.3 cm³/mol. The zero-order valence-corrected chi connectivity index (χ0v) is 11.5. The molecule has 0 atom stereocenters. The molecular formula is C17H20N2O. The van der Waals surface area contributed by atoms with E-state index in [0.717, 1.165) is 24.1 Å². The Labute approximate surface area is 119 Å². The quantitative estimate of drug-likeness (QED) is 0.791. The first kappa shape index (κ1) is 14.1. The highest BCUT2D eigenvalue weighted by atomic mass is 16.1. The van der Waals surface area contributed by atoms with Gasteiger partial charge >= 0.3 is 0 Å². The van der Waals surface area contributed by atoms with Gasteiger partial charge in [-0.3, -0.25) is 4.79 Å². The van der Waals surface area contributed by atoms with Crippen LogP contribution in [0.4, 0.5) is 5.69 Å². The maximum atomic E-state index is 11.7. The Morgan fingerprint density at radius 1 is 0.900 bits per heavy atom. The number of hydrogen-bond acceptors (Lipinski definition) is 2. The molecule has 0 saturated heterocycles. The molecule has 0 spiro atoms. The number of anilines is 1. The molecule has 3 N–H and O–H groups in total. The van der Waals surface area contributed by atoms with Gasteiger partial charge in [-0.25, -0.2) is 0 Å². The van der Waals surface area contributed by atoms with Gasteiger partial charge in [0.15, 0.2) is 0 Å². The van der Waals surface area contributed by atoms with Crippen molar-refractivity contribution in [1.29, 1.82) is 0 Å². The molecule has 0 unspecified atom stereocenters. The lowest BCUT2D eigenvalue weighted by molar-refractivity contribution is -0.121. The molecule has 0 saturated carbocycles. The van der Waals surface area contributed by atoms with Gasteiger partial charge in [0.1, 0.15) is 0 Å². The maximum Gasteiger partial charge on any atom is 0.220 e. The molecule has 0 fully saturated rings. The monoisotopic (exact) mass is 268 g/mol. The van der Waals surface area contributed by atoms with E-state index in [2.05, 4.69) is 17.4 Å². The van der Waals surface area contributed by atoms with Crippen LogP contribution in [0.2, 0.25) is 0 Å². The highest BCUT2D eigenvalue weighted by Crippen LogP contribution is 2.07. The van der Waals surface area contributed by atoms with Gasteiger partial charge in [-0.1, -0.05) is 42.5 Å². The molecule has 104 valence electrons. The van der Waals surface area contributed by atoms with E-state index in [1.165, 1.54) is 5.56 Å². The standard InChI is InChI=1S/C17H20N2O/c18-16-9-6-15(7-10-16)8-11-17(20)19-13-12-14-4-2-1-3-5-14/h1-7,9-10H,8,11-13,18H2,(H,19,20). The van der Waals surface area contributed by atoms with Crippen molar-refractivity contribution in [3.63, 3.8) is 0 Å². The Kier molecular flexibility index (Phi) is 5.18. The van der Waals surface area contributed by atoms with Crippen molar-refractivity contribution in [2.45, 2.75) is 19.3 Å². The smallest absolute Gasteiger partial charge is 0.220 e. The number of nitrogen functional groups attached to an aromatic ring is 1. The Morgan fingerprint density at radius 3 is 2.25 bits per heavy atom. The Hall–Kier alpha value is -2.29. The van der Waals surface area contributed by atoms with Crippen molar-refractivity contribution in [3.05, 3.63) is 65.7 Å². The minimum Gasteiger partial charge on any atom is -0.399 e. The van der Waals surface area contributed by atoms with Crippen LogP contribution in [-0.4, -0.2) is 12.5 Å². The van der Waals surface area contributed by atoms with Gasteiger partial charge < -0.3 is 11.1 Å². The zero-order valence-electron chi connectivity index (χ0n) is 11.5. The molecule has 3 nitrogen and oxygen atoms in total. The summed E-state index contributed by atoms with van der Waals surface area (Å²) in [5.74, 6) is 0.0951. The summed E-state index contributed by atoms with van der Waals surface area (Å²) < 4.78 is 0. The van der Waals surface area contributed by atoms with Crippen LogP contribution in [0.1, 0.15) is 17.5 Å². The number of nitrogens with two attached hydrogens (primary N) is 1. The molecule has 0 aromatic heterocycles. The number of carbonyl (C=O) groups is 1. The van der Waals surface area contributed by atoms with Crippen LogP contribution in [0, 0.1) is 0 Å². The largest absolute Gasteiger partial charge is 0.399 e. The lowest BCUT2D eigenvalue weighted by Crippen LogP contribution is -2.25. The maximum absolute atomic E-state index is 11.7. The van der Waals surface area contributed by atoms with E-state index >= 15 is 0 Å². The molecule has 0 radical (unpaired) electrons. The van der Waals surface area contributed by atoms with Gasteiger partial charge in [0.05, 0.1) is 0 Å². The van der Waals surface area contributed by atoms with Crippen molar-refractivity contribution in [2.75, 3.05) is 12.3 Å². The fourth-order valence-corrected chi connectivity index (χ4v) is 2.02. The number of rotatable bonds is 6. The van der Waals surface area contributed by atoms with Crippen LogP contribution in [0.5, 0.6) is 0 Å². The number of nitrogens with one attached hydrogen (secondary N) is 1. The normalized spacial score (nSPS) is 10.2. The minimum atomic E-state index is 0.0951. The lowest BCUT2D eigenvalue weighted by atomic mass is 10.1. The summed E-state index contributed by atoms with van der Waals surface area (Å²) >= 11 is 0. The fraction of sp³-hybridized carbons (Fsp3) is 0.235. The van der Waals surface area contributed by atoms with Crippen LogP contribution in [0.15, 0.2) is 54.6 Å². The molecule has 2 aromatic rings. The number of hydrogen-bond donors (Lipinski definition) is 2. The Morgan fingerprint density at radius 2 is 1.55 bits per heavy atom. The van der Waals surface area contributed by atoms with Crippen LogP contribution in [0.3, 0.4) is 0 Å². The van der Waals surface area contributed by atoms with Crippen LogP contribution in [-0.2, 0) is 17.6 Å². The summed E-state index contributed by atoms with van der Waals surface area (Å²) in [6.45, 7) is 0.685. The average Bonchev–Trinajstić information content (AvgIpc) is 2.48. The summed E-state index contributed by atoms with van der Waals surface area (Å²) in [6.07, 6.45) is 2.13. The summed E-state index contributed by atoms with van der Waals surface area (Å²) in [6, 6.07) is 17.8. The Balaban J connectivity index is 1.67. The summed E-state index contributed by atoms with van der Waals surface area (Å²) in [5.41, 5.74) is 8.75. The molecule has 0 heterocycles.